The van der Waals surface area contributed by atoms with Gasteiger partial charge in [-0.3, -0.25) is 14.2 Å². The lowest BCUT2D eigenvalue weighted by Crippen LogP contribution is -2.27. The Morgan fingerprint density at radius 2 is 1.94 bits per heavy atom. The van der Waals surface area contributed by atoms with Gasteiger partial charge in [-0.05, 0) is 68.5 Å². The van der Waals surface area contributed by atoms with Crippen LogP contribution in [0.3, 0.4) is 0 Å². The van der Waals surface area contributed by atoms with Crippen molar-refractivity contribution in [3.8, 4) is 11.4 Å². The van der Waals surface area contributed by atoms with Crippen LogP contribution in [-0.4, -0.2) is 34.4 Å². The number of nitrogens with one attached hydrogen (secondary N) is 1. The number of hydrogen-bond donors (Lipinski definition) is 1. The Balaban J connectivity index is 1.52. The number of ether oxygens (including phenoxy) is 1. The number of rotatable bonds is 9. The van der Waals surface area contributed by atoms with Crippen LogP contribution in [0.4, 0.5) is 8.78 Å². The number of carbonyl (C=O) groups excluding carboxylic acids is 1. The van der Waals surface area contributed by atoms with E-state index in [1.54, 1.807) is 24.3 Å². The highest BCUT2D eigenvalue weighted by atomic mass is 32.2. The molecule has 0 saturated heterocycles. The highest BCUT2D eigenvalue weighted by Crippen LogP contribution is 2.24. The van der Waals surface area contributed by atoms with Crippen molar-refractivity contribution in [2.75, 3.05) is 12.3 Å². The summed E-state index contributed by atoms with van der Waals surface area (Å²) in [5.74, 6) is -0.0607. The van der Waals surface area contributed by atoms with Gasteiger partial charge in [0.2, 0.25) is 5.91 Å². The molecule has 1 heterocycles. The van der Waals surface area contributed by atoms with Gasteiger partial charge < -0.3 is 10.1 Å². The lowest BCUT2D eigenvalue weighted by atomic mass is 9.97. The molecule has 9 heteroatoms. The molecule has 1 aliphatic carbocycles. The molecule has 3 aromatic rings. The largest absolute Gasteiger partial charge is 0.435 e. The van der Waals surface area contributed by atoms with Gasteiger partial charge in [-0.25, -0.2) is 4.98 Å². The van der Waals surface area contributed by atoms with Crippen LogP contribution in [0.5, 0.6) is 5.75 Å². The average Bonchev–Trinajstić information content (AvgIpc) is 2.84. The minimum absolute atomic E-state index is 0.0118. The second-order valence-electron chi connectivity index (χ2n) is 7.92. The van der Waals surface area contributed by atoms with Crippen molar-refractivity contribution in [2.45, 2.75) is 43.9 Å². The predicted molar refractivity (Wildman–Crippen MR) is 129 cm³/mol. The molecule has 2 aromatic carbocycles. The van der Waals surface area contributed by atoms with E-state index in [4.69, 9.17) is 0 Å². The lowest BCUT2D eigenvalue weighted by molar-refractivity contribution is -0.118. The van der Waals surface area contributed by atoms with E-state index in [0.717, 1.165) is 31.0 Å². The molecule has 0 radical (unpaired) electrons. The van der Waals surface area contributed by atoms with Gasteiger partial charge >= 0.3 is 6.61 Å². The van der Waals surface area contributed by atoms with Crippen LogP contribution in [-0.2, 0) is 4.79 Å². The highest BCUT2D eigenvalue weighted by Gasteiger charge is 2.15. The molecule has 178 valence electrons. The molecular formula is C25H25F2N3O3S. The van der Waals surface area contributed by atoms with Crippen LogP contribution in [0.25, 0.3) is 16.6 Å². The van der Waals surface area contributed by atoms with Crippen molar-refractivity contribution in [2.24, 2.45) is 0 Å². The smallest absolute Gasteiger partial charge is 0.387 e. The van der Waals surface area contributed by atoms with Crippen LogP contribution in [0.1, 0.15) is 32.1 Å². The van der Waals surface area contributed by atoms with Gasteiger partial charge in [0, 0.05) is 6.54 Å². The second-order valence-corrected chi connectivity index (χ2v) is 8.86. The van der Waals surface area contributed by atoms with E-state index in [0.29, 0.717) is 28.3 Å². The maximum Gasteiger partial charge on any atom is 0.387 e. The number of alkyl halides is 2. The van der Waals surface area contributed by atoms with Gasteiger partial charge in [-0.15, -0.1) is 0 Å². The minimum Gasteiger partial charge on any atom is -0.435 e. The van der Waals surface area contributed by atoms with E-state index in [9.17, 15) is 18.4 Å². The van der Waals surface area contributed by atoms with Gasteiger partial charge in [0.25, 0.3) is 5.56 Å². The molecule has 0 unspecified atom stereocenters. The number of nitrogens with zero attached hydrogens (tertiary/aromatic N) is 2. The number of allylic oxidation sites excluding steroid dienone is 1. The first-order valence-electron chi connectivity index (χ1n) is 11.2. The van der Waals surface area contributed by atoms with E-state index in [2.05, 4.69) is 21.1 Å². The van der Waals surface area contributed by atoms with Crippen molar-refractivity contribution in [3.05, 3.63) is 70.5 Å². The number of aromatic nitrogens is 2. The Labute approximate surface area is 200 Å². The number of thioether (sulfide) groups is 1. The molecule has 0 saturated carbocycles. The Hall–Kier alpha value is -3.20. The first-order chi connectivity index (χ1) is 16.5. The molecule has 1 aromatic heterocycles. The van der Waals surface area contributed by atoms with Gasteiger partial charge in [-0.1, -0.05) is 35.5 Å². The standard InChI is InChI=1S/C25H25F2N3O3S/c26-24(27)33-19-12-10-18(11-13-19)30-23(32)20-8-4-5-9-21(20)29-25(30)34-16-22(31)28-15-14-17-6-2-1-3-7-17/h4-6,8-13,24H,1-3,7,14-16H2,(H,28,31). The third-order valence-corrected chi connectivity index (χ3v) is 6.49. The van der Waals surface area contributed by atoms with Crippen LogP contribution in [0, 0.1) is 0 Å². The third kappa shape index (κ3) is 6.02. The number of fused-ring (bicyclic) bond motifs is 1. The fourth-order valence-corrected chi connectivity index (χ4v) is 4.73. The van der Waals surface area contributed by atoms with E-state index >= 15 is 0 Å². The zero-order chi connectivity index (χ0) is 23.9. The first kappa shape index (κ1) is 23.9. The van der Waals surface area contributed by atoms with Crippen molar-refractivity contribution in [1.82, 2.24) is 14.9 Å². The van der Waals surface area contributed by atoms with Crippen LogP contribution in [0.2, 0.25) is 0 Å². The number of hydrogen-bond acceptors (Lipinski definition) is 5. The number of carbonyl (C=O) groups is 1. The summed E-state index contributed by atoms with van der Waals surface area (Å²) in [4.78, 5) is 30.3. The van der Waals surface area contributed by atoms with Crippen LogP contribution < -0.4 is 15.6 Å². The Bertz CT molecular complexity index is 1240. The molecular weight excluding hydrogens is 460 g/mol. The molecule has 6 nitrogen and oxygen atoms in total. The normalized spacial score (nSPS) is 13.7. The third-order valence-electron chi connectivity index (χ3n) is 5.55. The highest BCUT2D eigenvalue weighted by molar-refractivity contribution is 7.99. The zero-order valence-corrected chi connectivity index (χ0v) is 19.3. The van der Waals surface area contributed by atoms with Crippen molar-refractivity contribution < 1.29 is 18.3 Å². The van der Waals surface area contributed by atoms with E-state index in [1.165, 1.54) is 47.2 Å². The molecule has 1 N–H and O–H groups in total. The summed E-state index contributed by atoms with van der Waals surface area (Å²) in [6, 6.07) is 12.7. The number of amides is 1. The Morgan fingerprint density at radius 3 is 2.68 bits per heavy atom. The van der Waals surface area contributed by atoms with Gasteiger partial charge in [0.1, 0.15) is 5.75 Å². The van der Waals surface area contributed by atoms with Gasteiger partial charge in [0.05, 0.1) is 22.3 Å². The fraction of sp³-hybridized carbons (Fsp3) is 0.320. The summed E-state index contributed by atoms with van der Waals surface area (Å²) in [7, 11) is 0. The maximum absolute atomic E-state index is 13.3. The predicted octanol–water partition coefficient (Wildman–Crippen LogP) is 5.09. The lowest BCUT2D eigenvalue weighted by Gasteiger charge is -2.14. The molecule has 0 spiro atoms. The molecule has 4 rings (SSSR count). The first-order valence-corrected chi connectivity index (χ1v) is 12.1. The molecule has 0 fully saturated rings. The Kier molecular flexibility index (Phi) is 7.95. The summed E-state index contributed by atoms with van der Waals surface area (Å²) < 4.78 is 30.8. The summed E-state index contributed by atoms with van der Waals surface area (Å²) in [6.07, 6.45) is 7.76. The molecule has 1 aliphatic rings. The number of halogens is 2. The topological polar surface area (TPSA) is 73.2 Å². The molecule has 0 atom stereocenters. The van der Waals surface area contributed by atoms with Gasteiger partial charge in [-0.2, -0.15) is 8.78 Å². The second kappa shape index (κ2) is 11.3. The van der Waals surface area contributed by atoms with Crippen LogP contribution >= 0.6 is 11.8 Å². The summed E-state index contributed by atoms with van der Waals surface area (Å²) in [5.41, 5.74) is 2.05. The zero-order valence-electron chi connectivity index (χ0n) is 18.5. The summed E-state index contributed by atoms with van der Waals surface area (Å²) in [6.45, 7) is -2.36. The van der Waals surface area contributed by atoms with Crippen molar-refractivity contribution in [1.29, 1.82) is 0 Å². The number of benzene rings is 2. The Morgan fingerprint density at radius 1 is 1.15 bits per heavy atom. The molecule has 0 bridgehead atoms. The fourth-order valence-electron chi connectivity index (χ4n) is 3.89. The summed E-state index contributed by atoms with van der Waals surface area (Å²) in [5, 5.41) is 3.70. The van der Waals surface area contributed by atoms with E-state index < -0.39 is 6.61 Å². The molecule has 0 aliphatic heterocycles. The quantitative estimate of drug-likeness (QED) is 0.260. The molecule has 34 heavy (non-hydrogen) atoms. The summed E-state index contributed by atoms with van der Waals surface area (Å²) >= 11 is 1.15. The maximum atomic E-state index is 13.3. The van der Waals surface area contributed by atoms with Crippen molar-refractivity contribution >= 4 is 28.6 Å². The number of para-hydroxylation sites is 1. The van der Waals surface area contributed by atoms with Crippen LogP contribution in [0.15, 0.2) is 70.1 Å². The van der Waals surface area contributed by atoms with E-state index in [-0.39, 0.29) is 23.0 Å². The minimum atomic E-state index is -2.94. The van der Waals surface area contributed by atoms with Crippen molar-refractivity contribution in [3.63, 3.8) is 0 Å². The van der Waals surface area contributed by atoms with Gasteiger partial charge in [0.15, 0.2) is 5.16 Å². The average molecular weight is 486 g/mol. The SMILES string of the molecule is O=C(CSc1nc2ccccc2c(=O)n1-c1ccc(OC(F)F)cc1)NCCC1=CCCCC1. The molecule has 1 amide bonds. The van der Waals surface area contributed by atoms with E-state index in [1.807, 2.05) is 0 Å². The monoisotopic (exact) mass is 485 g/mol.